The van der Waals surface area contributed by atoms with Gasteiger partial charge in [0.25, 0.3) is 5.91 Å². The second-order valence-corrected chi connectivity index (χ2v) is 4.90. The van der Waals surface area contributed by atoms with Gasteiger partial charge in [-0.15, -0.1) is 11.8 Å². The van der Waals surface area contributed by atoms with Crippen molar-refractivity contribution in [1.29, 1.82) is 0 Å². The third-order valence-electron chi connectivity index (χ3n) is 2.43. The summed E-state index contributed by atoms with van der Waals surface area (Å²) in [7, 11) is 0. The maximum atomic E-state index is 11.6. The highest BCUT2D eigenvalue weighted by Crippen LogP contribution is 2.31. The number of carbonyl (C=O) groups excluding carboxylic acids is 1. The van der Waals surface area contributed by atoms with E-state index in [-0.39, 0.29) is 12.1 Å². The molecule has 1 unspecified atom stereocenters. The predicted molar refractivity (Wildman–Crippen MR) is 67.0 cm³/mol. The number of hydrogen-bond donors (Lipinski definition) is 3. The van der Waals surface area contributed by atoms with E-state index in [0.717, 1.165) is 10.5 Å². The number of hydrogen-bond acceptors (Lipinski definition) is 3. The van der Waals surface area contributed by atoms with Gasteiger partial charge in [-0.05, 0) is 17.7 Å². The van der Waals surface area contributed by atoms with E-state index in [1.54, 1.807) is 12.1 Å². The molecule has 0 aliphatic carbocycles. The van der Waals surface area contributed by atoms with Gasteiger partial charge in [0.1, 0.15) is 0 Å². The average Bonchev–Trinajstić information content (AvgIpc) is 2.27. The van der Waals surface area contributed by atoms with Crippen LogP contribution in [0.4, 0.5) is 0 Å². The highest BCUT2D eigenvalue weighted by atomic mass is 32.2. The number of benzene rings is 1. The first kappa shape index (κ1) is 11.9. The van der Waals surface area contributed by atoms with E-state index in [9.17, 15) is 9.90 Å². The van der Waals surface area contributed by atoms with Gasteiger partial charge in [0.15, 0.2) is 5.96 Å². The molecule has 17 heavy (non-hydrogen) atoms. The van der Waals surface area contributed by atoms with Gasteiger partial charge in [0.2, 0.25) is 0 Å². The molecule has 0 fully saturated rings. The number of aliphatic imine (C=N–C) groups is 1. The van der Waals surface area contributed by atoms with Crippen LogP contribution in [0, 0.1) is 0 Å². The van der Waals surface area contributed by atoms with Gasteiger partial charge in [-0.25, -0.2) is 0 Å². The van der Waals surface area contributed by atoms with Gasteiger partial charge < -0.3 is 16.6 Å². The lowest BCUT2D eigenvalue weighted by Crippen LogP contribution is -2.24. The summed E-state index contributed by atoms with van der Waals surface area (Å²) in [5.74, 6) is -0.0391. The fourth-order valence-corrected chi connectivity index (χ4v) is 2.71. The molecule has 90 valence electrons. The van der Waals surface area contributed by atoms with Crippen LogP contribution in [-0.4, -0.2) is 28.8 Å². The number of fused-ring (bicyclic) bond motifs is 1. The highest BCUT2D eigenvalue weighted by molar-refractivity contribution is 7.99. The SMILES string of the molecule is NC(N)=NC(=O)c1ccc2c(c1)SCC(O)C2. The largest absolute Gasteiger partial charge is 0.392 e. The lowest BCUT2D eigenvalue weighted by atomic mass is 10.1. The van der Waals surface area contributed by atoms with E-state index in [2.05, 4.69) is 4.99 Å². The van der Waals surface area contributed by atoms with Crippen molar-refractivity contribution in [2.75, 3.05) is 5.75 Å². The second kappa shape index (κ2) is 4.77. The molecule has 1 atom stereocenters. The zero-order valence-electron chi connectivity index (χ0n) is 9.09. The zero-order valence-corrected chi connectivity index (χ0v) is 9.91. The molecule has 5 N–H and O–H groups in total. The van der Waals surface area contributed by atoms with Crippen LogP contribution >= 0.6 is 11.8 Å². The van der Waals surface area contributed by atoms with Crippen molar-refractivity contribution in [3.8, 4) is 0 Å². The molecule has 1 heterocycles. The van der Waals surface area contributed by atoms with Crippen LogP contribution in [0.5, 0.6) is 0 Å². The molecule has 0 bridgehead atoms. The van der Waals surface area contributed by atoms with E-state index in [0.29, 0.717) is 17.7 Å². The van der Waals surface area contributed by atoms with Crippen molar-refractivity contribution >= 4 is 23.6 Å². The summed E-state index contributed by atoms with van der Waals surface area (Å²) < 4.78 is 0. The van der Waals surface area contributed by atoms with Gasteiger partial charge in [0, 0.05) is 22.6 Å². The molecule has 1 amide bonds. The summed E-state index contributed by atoms with van der Waals surface area (Å²) in [4.78, 5) is 16.1. The van der Waals surface area contributed by atoms with Crippen LogP contribution in [0.3, 0.4) is 0 Å². The summed E-state index contributed by atoms with van der Waals surface area (Å²) in [6.45, 7) is 0. The van der Waals surface area contributed by atoms with Crippen LogP contribution in [0.1, 0.15) is 15.9 Å². The van der Waals surface area contributed by atoms with Crippen LogP contribution in [-0.2, 0) is 6.42 Å². The molecule has 1 aliphatic heterocycles. The number of amides is 1. The predicted octanol–water partition coefficient (Wildman–Crippen LogP) is 0.109. The Labute approximate surface area is 103 Å². The molecular formula is C11H13N3O2S. The number of carbonyl (C=O) groups is 1. The number of nitrogens with two attached hydrogens (primary N) is 2. The maximum Gasteiger partial charge on any atom is 0.280 e. The molecule has 5 nitrogen and oxygen atoms in total. The van der Waals surface area contributed by atoms with Crippen molar-refractivity contribution in [1.82, 2.24) is 0 Å². The summed E-state index contributed by atoms with van der Waals surface area (Å²) in [5.41, 5.74) is 11.8. The molecule has 0 radical (unpaired) electrons. The zero-order chi connectivity index (χ0) is 12.4. The van der Waals surface area contributed by atoms with Crippen LogP contribution in [0.25, 0.3) is 0 Å². The van der Waals surface area contributed by atoms with Crippen molar-refractivity contribution in [2.24, 2.45) is 16.5 Å². The monoisotopic (exact) mass is 251 g/mol. The van der Waals surface area contributed by atoms with E-state index in [4.69, 9.17) is 11.5 Å². The molecule has 1 aliphatic rings. The first-order valence-electron chi connectivity index (χ1n) is 5.14. The quantitative estimate of drug-likeness (QED) is 0.485. The Bertz CT molecular complexity index is 484. The Hall–Kier alpha value is -1.53. The molecule has 0 saturated heterocycles. The van der Waals surface area contributed by atoms with Gasteiger partial charge in [-0.1, -0.05) is 6.07 Å². The smallest absolute Gasteiger partial charge is 0.280 e. The summed E-state index contributed by atoms with van der Waals surface area (Å²) in [6, 6.07) is 5.27. The Morgan fingerprint density at radius 3 is 2.94 bits per heavy atom. The van der Waals surface area contributed by atoms with Gasteiger partial charge in [0.05, 0.1) is 6.10 Å². The first-order valence-corrected chi connectivity index (χ1v) is 6.12. The molecule has 2 rings (SSSR count). The third-order valence-corrected chi connectivity index (χ3v) is 3.67. The minimum absolute atomic E-state index is 0.240. The molecule has 0 saturated carbocycles. The molecule has 1 aromatic rings. The van der Waals surface area contributed by atoms with E-state index in [1.165, 1.54) is 11.8 Å². The summed E-state index contributed by atoms with van der Waals surface area (Å²) in [6.07, 6.45) is 0.311. The molecule has 1 aromatic carbocycles. The number of rotatable bonds is 1. The lowest BCUT2D eigenvalue weighted by molar-refractivity contribution is 0.100. The standard InChI is InChI=1S/C11H13N3O2S/c12-11(13)14-10(16)7-2-1-6-3-8(15)5-17-9(6)4-7/h1-2,4,8,15H,3,5H2,(H4,12,13,14,16). The average molecular weight is 251 g/mol. The second-order valence-electron chi connectivity index (χ2n) is 3.83. The number of aliphatic hydroxyl groups excluding tert-OH is 1. The highest BCUT2D eigenvalue weighted by Gasteiger charge is 2.18. The minimum atomic E-state index is -0.445. The summed E-state index contributed by atoms with van der Waals surface area (Å²) in [5, 5.41) is 9.51. The van der Waals surface area contributed by atoms with Crippen LogP contribution in [0.2, 0.25) is 0 Å². The van der Waals surface area contributed by atoms with Crippen LogP contribution < -0.4 is 11.5 Å². The first-order chi connectivity index (χ1) is 8.06. The fourth-order valence-electron chi connectivity index (χ4n) is 1.67. The van der Waals surface area contributed by atoms with Gasteiger partial charge in [-0.2, -0.15) is 4.99 Å². The normalized spacial score (nSPS) is 18.3. The Balaban J connectivity index is 2.28. The van der Waals surface area contributed by atoms with Crippen molar-refractivity contribution < 1.29 is 9.90 Å². The Morgan fingerprint density at radius 1 is 1.47 bits per heavy atom. The van der Waals surface area contributed by atoms with E-state index >= 15 is 0 Å². The summed E-state index contributed by atoms with van der Waals surface area (Å²) >= 11 is 1.53. The Morgan fingerprint density at radius 2 is 2.24 bits per heavy atom. The number of thioether (sulfide) groups is 1. The van der Waals surface area contributed by atoms with Crippen molar-refractivity contribution in [3.63, 3.8) is 0 Å². The van der Waals surface area contributed by atoms with E-state index in [1.807, 2.05) is 6.07 Å². The lowest BCUT2D eigenvalue weighted by Gasteiger charge is -2.20. The Kier molecular flexibility index (Phi) is 3.35. The van der Waals surface area contributed by atoms with E-state index < -0.39 is 5.91 Å². The molecule has 6 heteroatoms. The fraction of sp³-hybridized carbons (Fsp3) is 0.273. The van der Waals surface area contributed by atoms with Crippen molar-refractivity contribution in [2.45, 2.75) is 17.4 Å². The molecule has 0 aromatic heterocycles. The van der Waals surface area contributed by atoms with Gasteiger partial charge in [-0.3, -0.25) is 4.79 Å². The molecular weight excluding hydrogens is 238 g/mol. The number of aliphatic hydroxyl groups is 1. The number of nitrogens with zero attached hydrogens (tertiary/aromatic N) is 1. The van der Waals surface area contributed by atoms with Crippen LogP contribution in [0.15, 0.2) is 28.1 Å². The topological polar surface area (TPSA) is 102 Å². The minimum Gasteiger partial charge on any atom is -0.392 e. The van der Waals surface area contributed by atoms with Crippen molar-refractivity contribution in [3.05, 3.63) is 29.3 Å². The molecule has 0 spiro atoms. The maximum absolute atomic E-state index is 11.6. The number of guanidine groups is 1. The third kappa shape index (κ3) is 2.78. The van der Waals surface area contributed by atoms with Gasteiger partial charge >= 0.3 is 0 Å².